The van der Waals surface area contributed by atoms with Crippen LogP contribution in [-0.2, 0) is 43.0 Å². The van der Waals surface area contributed by atoms with Crippen molar-refractivity contribution < 1.29 is 48.1 Å². The van der Waals surface area contributed by atoms with Crippen molar-refractivity contribution in [2.75, 3.05) is 0 Å². The third-order valence-corrected chi connectivity index (χ3v) is 12.1. The van der Waals surface area contributed by atoms with Crippen LogP contribution in [0.1, 0.15) is 102 Å². The molecule has 0 aromatic carbocycles. The van der Waals surface area contributed by atoms with Crippen LogP contribution in [0.25, 0.3) is 0 Å². The zero-order chi connectivity index (χ0) is 35.0. The van der Waals surface area contributed by atoms with Gasteiger partial charge in [-0.1, -0.05) is 32.4 Å². The predicted molar refractivity (Wildman–Crippen MR) is 167 cm³/mol. The highest BCUT2D eigenvalue weighted by Crippen LogP contribution is 2.74. The zero-order valence-corrected chi connectivity index (χ0v) is 29.1. The van der Waals surface area contributed by atoms with Gasteiger partial charge in [-0.25, -0.2) is 0 Å². The fourth-order valence-electron chi connectivity index (χ4n) is 9.96. The highest BCUT2D eigenvalue weighted by molar-refractivity contribution is 5.98. The Hall–Kier alpha value is -3.14. The molecule has 0 bridgehead atoms. The van der Waals surface area contributed by atoms with Gasteiger partial charge in [-0.3, -0.25) is 28.8 Å². The molecule has 4 aliphatic rings. The lowest BCUT2D eigenvalue weighted by Crippen LogP contribution is -2.65. The third-order valence-electron chi connectivity index (χ3n) is 12.1. The number of Topliss-reactive ketones (excluding diaryl/α,β-unsaturated/α-hetero) is 2. The Morgan fingerprint density at radius 2 is 1.50 bits per heavy atom. The molecule has 10 nitrogen and oxygen atoms in total. The molecule has 0 aromatic heterocycles. The van der Waals surface area contributed by atoms with Crippen LogP contribution in [0, 0.1) is 39.4 Å². The minimum atomic E-state index is -2.06. The zero-order valence-electron chi connectivity index (χ0n) is 29.1. The van der Waals surface area contributed by atoms with Gasteiger partial charge in [0.2, 0.25) is 0 Å². The molecule has 4 aliphatic carbocycles. The molecule has 9 atom stereocenters. The third kappa shape index (κ3) is 5.38. The molecule has 0 saturated heterocycles. The Kier molecular flexibility index (Phi) is 8.72. The fourth-order valence-corrected chi connectivity index (χ4v) is 9.96. The van der Waals surface area contributed by atoms with Crippen molar-refractivity contribution in [1.82, 2.24) is 0 Å². The lowest BCUT2D eigenvalue weighted by molar-refractivity contribution is -0.186. The Morgan fingerprint density at radius 3 is 2.04 bits per heavy atom. The van der Waals surface area contributed by atoms with E-state index in [0.717, 1.165) is 5.57 Å². The SMILES string of the molecule is CC(=O)O[C@H]1C[C@@H]2C(=CC[C@@H]3[C@@]2(C)C(=O)C[C@]2(C)[C@@H]([C@@](C)(O)C(=O)/C=C/C(C)(C)OC(C)=O)[C@H](OC(C)=O)C[C@@]32C)C(C)(C)C1=O. The first-order valence-corrected chi connectivity index (χ1v) is 16.1. The number of allylic oxidation sites excluding steroid dienone is 2. The Balaban J connectivity index is 1.82. The first-order chi connectivity index (χ1) is 20.9. The molecule has 254 valence electrons. The van der Waals surface area contributed by atoms with Crippen LogP contribution < -0.4 is 0 Å². The quantitative estimate of drug-likeness (QED) is 0.180. The molecule has 3 saturated carbocycles. The summed E-state index contributed by atoms with van der Waals surface area (Å²) in [6.07, 6.45) is 3.76. The highest BCUT2D eigenvalue weighted by Gasteiger charge is 2.75. The van der Waals surface area contributed by atoms with Gasteiger partial charge in [0, 0.05) is 43.9 Å². The summed E-state index contributed by atoms with van der Waals surface area (Å²) < 4.78 is 16.6. The van der Waals surface area contributed by atoms with E-state index in [1.165, 1.54) is 39.8 Å². The van der Waals surface area contributed by atoms with E-state index in [-0.39, 0.29) is 36.2 Å². The number of rotatable bonds is 7. The number of ether oxygens (including phenoxy) is 3. The molecule has 0 spiro atoms. The lowest BCUT2D eigenvalue weighted by atomic mass is 9.38. The van der Waals surface area contributed by atoms with Gasteiger partial charge in [0.25, 0.3) is 0 Å². The summed E-state index contributed by atoms with van der Waals surface area (Å²) in [5.41, 5.74) is -5.88. The Labute approximate surface area is 271 Å². The largest absolute Gasteiger partial charge is 0.462 e. The summed E-state index contributed by atoms with van der Waals surface area (Å²) in [5.74, 6) is -4.19. The first-order valence-electron chi connectivity index (χ1n) is 16.1. The Morgan fingerprint density at radius 1 is 0.913 bits per heavy atom. The van der Waals surface area contributed by atoms with Crippen molar-refractivity contribution in [3.05, 3.63) is 23.8 Å². The van der Waals surface area contributed by atoms with Crippen molar-refractivity contribution in [3.63, 3.8) is 0 Å². The van der Waals surface area contributed by atoms with Crippen LogP contribution >= 0.6 is 0 Å². The van der Waals surface area contributed by atoms with Crippen LogP contribution in [0.2, 0.25) is 0 Å². The number of hydrogen-bond acceptors (Lipinski definition) is 10. The second kappa shape index (κ2) is 11.2. The summed E-state index contributed by atoms with van der Waals surface area (Å²) in [7, 11) is 0. The molecule has 0 aliphatic heterocycles. The van der Waals surface area contributed by atoms with Crippen molar-refractivity contribution in [2.24, 2.45) is 39.4 Å². The number of aliphatic hydroxyl groups is 1. The van der Waals surface area contributed by atoms with E-state index in [1.807, 2.05) is 27.7 Å². The summed E-state index contributed by atoms with van der Waals surface area (Å²) in [6.45, 7) is 18.0. The minimum absolute atomic E-state index is 0.00139. The van der Waals surface area contributed by atoms with Crippen LogP contribution in [0.15, 0.2) is 23.8 Å². The second-order valence-corrected chi connectivity index (χ2v) is 15.9. The van der Waals surface area contributed by atoms with Crippen LogP contribution in [0.3, 0.4) is 0 Å². The lowest BCUT2D eigenvalue weighted by Gasteiger charge is -2.64. The molecule has 0 radical (unpaired) electrons. The van der Waals surface area contributed by atoms with Crippen LogP contribution in [0.4, 0.5) is 0 Å². The molecule has 0 amide bonds. The van der Waals surface area contributed by atoms with E-state index in [4.69, 9.17) is 14.2 Å². The van der Waals surface area contributed by atoms with Gasteiger partial charge in [-0.15, -0.1) is 0 Å². The van der Waals surface area contributed by atoms with Gasteiger partial charge < -0.3 is 19.3 Å². The van der Waals surface area contributed by atoms with Crippen LogP contribution in [0.5, 0.6) is 0 Å². The molecular formula is C36H50O10. The number of fused-ring (bicyclic) bond motifs is 5. The number of carbonyl (C=O) groups is 6. The molecular weight excluding hydrogens is 592 g/mol. The molecule has 4 rings (SSSR count). The van der Waals surface area contributed by atoms with Crippen molar-refractivity contribution >= 4 is 35.3 Å². The van der Waals surface area contributed by atoms with Crippen molar-refractivity contribution in [2.45, 2.75) is 125 Å². The maximum atomic E-state index is 14.7. The van der Waals surface area contributed by atoms with Crippen LogP contribution in [-0.4, -0.2) is 63.8 Å². The van der Waals surface area contributed by atoms with E-state index < -0.39 is 74.7 Å². The fraction of sp³-hybridized carbons (Fsp3) is 0.722. The molecule has 10 heteroatoms. The summed E-state index contributed by atoms with van der Waals surface area (Å²) in [5, 5.41) is 12.1. The average Bonchev–Trinajstić information content (AvgIpc) is 3.11. The van der Waals surface area contributed by atoms with Gasteiger partial charge in [0.05, 0.1) is 0 Å². The number of carbonyl (C=O) groups excluding carboxylic acids is 6. The van der Waals surface area contributed by atoms with Gasteiger partial charge in [0.15, 0.2) is 17.7 Å². The maximum Gasteiger partial charge on any atom is 0.303 e. The van der Waals surface area contributed by atoms with Gasteiger partial charge >= 0.3 is 17.9 Å². The molecule has 3 fully saturated rings. The monoisotopic (exact) mass is 642 g/mol. The van der Waals surface area contributed by atoms with Gasteiger partial charge in [-0.2, -0.15) is 0 Å². The minimum Gasteiger partial charge on any atom is -0.462 e. The Bertz CT molecular complexity index is 1430. The van der Waals surface area contributed by atoms with E-state index in [2.05, 4.69) is 13.0 Å². The maximum absolute atomic E-state index is 14.7. The van der Waals surface area contributed by atoms with Gasteiger partial charge in [0.1, 0.15) is 23.1 Å². The molecule has 0 aromatic rings. The topological polar surface area (TPSA) is 150 Å². The van der Waals surface area contributed by atoms with Crippen molar-refractivity contribution in [3.8, 4) is 0 Å². The normalized spacial score (nSPS) is 38.1. The molecule has 0 unspecified atom stereocenters. The summed E-state index contributed by atoms with van der Waals surface area (Å²) >= 11 is 0. The average molecular weight is 643 g/mol. The van der Waals surface area contributed by atoms with E-state index in [1.54, 1.807) is 13.8 Å². The summed E-state index contributed by atoms with van der Waals surface area (Å²) in [4.78, 5) is 77.9. The first kappa shape index (κ1) is 35.7. The predicted octanol–water partition coefficient (Wildman–Crippen LogP) is 4.64. The smallest absolute Gasteiger partial charge is 0.303 e. The van der Waals surface area contributed by atoms with E-state index in [9.17, 15) is 33.9 Å². The standard InChI is InChI=1S/C36H50O10/c1-19(37)44-24-16-23-22(32(6,7)30(24)42)12-13-26-33(8)17-25(45-20(2)38)29(34(33,9)18-28(41)35(23,26)10)36(11,43)27(40)14-15-31(4,5)46-21(3)39/h12,14-15,23-26,29,43H,13,16-18H2,1-11H3/b15-14+/t23-,24+,25-,26+,29+,33+,34-,35+,36+/m1/s1. The molecule has 1 N–H and O–H groups in total. The van der Waals surface area contributed by atoms with Gasteiger partial charge in [-0.05, 0) is 88.7 Å². The molecule has 46 heavy (non-hydrogen) atoms. The highest BCUT2D eigenvalue weighted by atomic mass is 16.6. The second-order valence-electron chi connectivity index (χ2n) is 15.9. The molecule has 0 heterocycles. The summed E-state index contributed by atoms with van der Waals surface area (Å²) in [6, 6.07) is 0. The van der Waals surface area contributed by atoms with Crippen molar-refractivity contribution in [1.29, 1.82) is 0 Å². The number of hydrogen-bond donors (Lipinski definition) is 1. The van der Waals surface area contributed by atoms with E-state index >= 15 is 0 Å². The van der Waals surface area contributed by atoms with E-state index in [0.29, 0.717) is 12.8 Å². The number of esters is 3. The number of ketones is 3.